The van der Waals surface area contributed by atoms with Gasteiger partial charge in [0.15, 0.2) is 0 Å². The molecule has 3 atom stereocenters. The SMILES string of the molecule is C#CCO[C@H]1C[C@H](n2cc(C(F)(F)F)c(=O)n(C(=O)C(C)(C)C)c2=O)O[C@@H]1COC(C)=O. The van der Waals surface area contributed by atoms with Crippen molar-refractivity contribution in [3.63, 3.8) is 0 Å². The summed E-state index contributed by atoms with van der Waals surface area (Å²) >= 11 is 0. The van der Waals surface area contributed by atoms with E-state index in [0.29, 0.717) is 10.8 Å². The second kappa shape index (κ2) is 9.30. The molecule has 0 saturated carbocycles. The van der Waals surface area contributed by atoms with Crippen LogP contribution >= 0.6 is 0 Å². The smallest absolute Gasteiger partial charge is 0.423 e. The minimum Gasteiger partial charge on any atom is -0.463 e. The summed E-state index contributed by atoms with van der Waals surface area (Å²) in [5.41, 5.74) is -6.09. The van der Waals surface area contributed by atoms with Crippen LogP contribution in [-0.2, 0) is 25.2 Å². The summed E-state index contributed by atoms with van der Waals surface area (Å²) in [6.07, 6.45) is -2.92. The molecule has 1 aromatic rings. The highest BCUT2D eigenvalue weighted by molar-refractivity contribution is 5.83. The molecule has 0 aliphatic carbocycles. The molecule has 0 unspecified atom stereocenters. The summed E-state index contributed by atoms with van der Waals surface area (Å²) in [5.74, 6) is 0.490. The molecule has 1 aromatic heterocycles. The Kier molecular flexibility index (Phi) is 7.36. The molecule has 1 aliphatic heterocycles. The average molecular weight is 460 g/mol. The third-order valence-corrected chi connectivity index (χ3v) is 4.59. The van der Waals surface area contributed by atoms with E-state index in [1.165, 1.54) is 20.8 Å². The molecule has 1 aliphatic rings. The Bertz CT molecular complexity index is 1040. The van der Waals surface area contributed by atoms with Gasteiger partial charge in [-0.15, -0.1) is 6.42 Å². The Balaban J connectivity index is 2.60. The molecule has 12 heteroatoms. The summed E-state index contributed by atoms with van der Waals surface area (Å²) in [7, 11) is 0. The second-order valence-electron chi connectivity index (χ2n) is 8.15. The molecule has 2 heterocycles. The lowest BCUT2D eigenvalue weighted by atomic mass is 9.95. The van der Waals surface area contributed by atoms with Crippen LogP contribution < -0.4 is 11.2 Å². The van der Waals surface area contributed by atoms with Crippen molar-refractivity contribution in [3.05, 3.63) is 32.6 Å². The Hall–Kier alpha value is -2.91. The molecule has 1 saturated heterocycles. The van der Waals surface area contributed by atoms with E-state index < -0.39 is 58.7 Å². The number of esters is 1. The van der Waals surface area contributed by atoms with Gasteiger partial charge in [-0.1, -0.05) is 26.7 Å². The van der Waals surface area contributed by atoms with E-state index >= 15 is 0 Å². The number of alkyl halides is 3. The van der Waals surface area contributed by atoms with Gasteiger partial charge in [-0.05, 0) is 0 Å². The normalized spacial score (nSPS) is 21.2. The van der Waals surface area contributed by atoms with Crippen molar-refractivity contribution in [2.75, 3.05) is 13.2 Å². The topological polar surface area (TPSA) is 106 Å². The van der Waals surface area contributed by atoms with Crippen LogP contribution in [0, 0.1) is 17.8 Å². The largest absolute Gasteiger partial charge is 0.463 e. The van der Waals surface area contributed by atoms with E-state index in [2.05, 4.69) is 5.92 Å². The lowest BCUT2D eigenvalue weighted by Gasteiger charge is -2.22. The quantitative estimate of drug-likeness (QED) is 0.485. The summed E-state index contributed by atoms with van der Waals surface area (Å²) in [4.78, 5) is 49.1. The number of nitrogens with zero attached hydrogens (tertiary/aromatic N) is 2. The molecule has 0 radical (unpaired) electrons. The highest BCUT2D eigenvalue weighted by Crippen LogP contribution is 2.32. The molecule has 9 nitrogen and oxygen atoms in total. The fraction of sp³-hybridized carbons (Fsp3) is 0.600. The molecule has 1 fully saturated rings. The molecule has 176 valence electrons. The minimum absolute atomic E-state index is 0.0388. The van der Waals surface area contributed by atoms with Gasteiger partial charge in [0.05, 0.1) is 6.10 Å². The van der Waals surface area contributed by atoms with Crippen LogP contribution in [0.2, 0.25) is 0 Å². The maximum absolute atomic E-state index is 13.5. The van der Waals surface area contributed by atoms with E-state index in [1.807, 2.05) is 0 Å². The van der Waals surface area contributed by atoms with Crippen molar-refractivity contribution >= 4 is 11.9 Å². The summed E-state index contributed by atoms with van der Waals surface area (Å²) in [6, 6.07) is 0. The zero-order chi connectivity index (χ0) is 24.4. The molecule has 2 rings (SSSR count). The number of rotatable bonds is 5. The Labute approximate surface area is 181 Å². The van der Waals surface area contributed by atoms with Gasteiger partial charge in [0, 0.05) is 25.0 Å². The Morgan fingerprint density at radius 2 is 1.91 bits per heavy atom. The Morgan fingerprint density at radius 3 is 2.41 bits per heavy atom. The molecular formula is C20H23F3N2O7. The molecule has 0 N–H and O–H groups in total. The number of terminal acetylenes is 1. The lowest BCUT2D eigenvalue weighted by Crippen LogP contribution is -2.50. The first kappa shape index (κ1) is 25.4. The van der Waals surface area contributed by atoms with Crippen molar-refractivity contribution in [3.8, 4) is 12.3 Å². The number of ether oxygens (including phenoxy) is 3. The predicted octanol–water partition coefficient (Wildman–Crippen LogP) is 1.58. The highest BCUT2D eigenvalue weighted by Gasteiger charge is 2.42. The van der Waals surface area contributed by atoms with Gasteiger partial charge < -0.3 is 14.2 Å². The fourth-order valence-corrected chi connectivity index (χ4v) is 3.04. The van der Waals surface area contributed by atoms with Gasteiger partial charge in [-0.2, -0.15) is 17.7 Å². The Morgan fingerprint density at radius 1 is 1.28 bits per heavy atom. The van der Waals surface area contributed by atoms with Crippen molar-refractivity contribution in [1.82, 2.24) is 9.13 Å². The summed E-state index contributed by atoms with van der Waals surface area (Å²) in [6.45, 7) is 4.76. The van der Waals surface area contributed by atoms with E-state index in [1.54, 1.807) is 0 Å². The standard InChI is InChI=1S/C20H23F3N2O7/c1-6-7-30-13-8-15(32-14(13)10-31-11(2)26)24-9-12(20(21,22)23)16(27)25(18(24)29)17(28)19(3,4)5/h1,9,13-15H,7-8,10H2,2-5H3/t13-,14+,15+/m0/s1. The highest BCUT2D eigenvalue weighted by atomic mass is 19.4. The number of aromatic nitrogens is 2. The van der Waals surface area contributed by atoms with Crippen LogP contribution in [0.25, 0.3) is 0 Å². The molecule has 0 spiro atoms. The van der Waals surface area contributed by atoms with Crippen molar-refractivity contribution in [2.45, 2.75) is 58.7 Å². The van der Waals surface area contributed by atoms with Gasteiger partial charge in [0.25, 0.3) is 5.56 Å². The molecule has 0 aromatic carbocycles. The summed E-state index contributed by atoms with van der Waals surface area (Å²) in [5, 5.41) is 0. The zero-order valence-corrected chi connectivity index (χ0v) is 17.9. The van der Waals surface area contributed by atoms with E-state index in [-0.39, 0.29) is 24.2 Å². The maximum Gasteiger partial charge on any atom is 0.423 e. The first-order chi connectivity index (χ1) is 14.7. The van der Waals surface area contributed by atoms with Crippen LogP contribution in [0.3, 0.4) is 0 Å². The average Bonchev–Trinajstić information content (AvgIpc) is 3.05. The first-order valence-corrected chi connectivity index (χ1v) is 9.52. The number of halogens is 3. The lowest BCUT2D eigenvalue weighted by molar-refractivity contribution is -0.148. The number of hydrogen-bond donors (Lipinski definition) is 0. The fourth-order valence-electron chi connectivity index (χ4n) is 3.04. The zero-order valence-electron chi connectivity index (χ0n) is 17.9. The number of hydrogen-bond acceptors (Lipinski definition) is 7. The number of carbonyl (C=O) groups excluding carboxylic acids is 2. The van der Waals surface area contributed by atoms with Gasteiger partial charge in [0.1, 0.15) is 31.1 Å². The van der Waals surface area contributed by atoms with Gasteiger partial charge >= 0.3 is 17.8 Å². The predicted molar refractivity (Wildman–Crippen MR) is 104 cm³/mol. The third-order valence-electron chi connectivity index (χ3n) is 4.59. The minimum atomic E-state index is -5.14. The van der Waals surface area contributed by atoms with Crippen LogP contribution in [0.1, 0.15) is 50.7 Å². The van der Waals surface area contributed by atoms with E-state index in [4.69, 9.17) is 20.6 Å². The van der Waals surface area contributed by atoms with Gasteiger partial charge in [-0.25, -0.2) is 4.79 Å². The monoisotopic (exact) mass is 460 g/mol. The van der Waals surface area contributed by atoms with Crippen molar-refractivity contribution < 1.29 is 37.0 Å². The van der Waals surface area contributed by atoms with Gasteiger partial charge in [0.2, 0.25) is 5.91 Å². The van der Waals surface area contributed by atoms with E-state index in [9.17, 15) is 32.3 Å². The molecule has 32 heavy (non-hydrogen) atoms. The van der Waals surface area contributed by atoms with Gasteiger partial charge in [-0.3, -0.25) is 19.0 Å². The van der Waals surface area contributed by atoms with Crippen LogP contribution in [0.5, 0.6) is 0 Å². The van der Waals surface area contributed by atoms with Crippen LogP contribution in [0.15, 0.2) is 15.8 Å². The first-order valence-electron chi connectivity index (χ1n) is 9.52. The second-order valence-corrected chi connectivity index (χ2v) is 8.15. The molecule has 0 amide bonds. The van der Waals surface area contributed by atoms with E-state index in [0.717, 1.165) is 6.92 Å². The van der Waals surface area contributed by atoms with Crippen molar-refractivity contribution in [1.29, 1.82) is 0 Å². The van der Waals surface area contributed by atoms with Crippen LogP contribution in [-0.4, -0.2) is 46.4 Å². The van der Waals surface area contributed by atoms with Crippen LogP contribution in [0.4, 0.5) is 13.2 Å². The van der Waals surface area contributed by atoms with Crippen molar-refractivity contribution in [2.24, 2.45) is 5.41 Å². The summed E-state index contributed by atoms with van der Waals surface area (Å²) < 4.78 is 57.0. The number of carbonyl (C=O) groups is 2. The maximum atomic E-state index is 13.5. The molecule has 0 bridgehead atoms. The molecular weight excluding hydrogens is 437 g/mol. The third kappa shape index (κ3) is 5.46.